The zero-order valence-corrected chi connectivity index (χ0v) is 12.1. The summed E-state index contributed by atoms with van der Waals surface area (Å²) in [6, 6.07) is 3.13. The van der Waals surface area contributed by atoms with Gasteiger partial charge in [0, 0.05) is 23.8 Å². The third-order valence-electron chi connectivity index (χ3n) is 3.76. The monoisotopic (exact) mass is 297 g/mol. The average Bonchev–Trinajstić information content (AvgIpc) is 2.37. The van der Waals surface area contributed by atoms with Crippen LogP contribution in [0.25, 0.3) is 0 Å². The van der Waals surface area contributed by atoms with Crippen molar-refractivity contribution in [1.82, 2.24) is 4.90 Å². The van der Waals surface area contributed by atoms with Crippen molar-refractivity contribution >= 4 is 11.6 Å². The highest BCUT2D eigenvalue weighted by atomic mass is 19.1. The molecule has 1 aliphatic rings. The van der Waals surface area contributed by atoms with Crippen molar-refractivity contribution in [2.24, 2.45) is 5.73 Å². The molecule has 2 unspecified atom stereocenters. The molecule has 1 aromatic rings. The van der Waals surface area contributed by atoms with Crippen molar-refractivity contribution < 1.29 is 13.6 Å². The molecule has 0 aromatic heterocycles. The van der Waals surface area contributed by atoms with Crippen molar-refractivity contribution in [3.63, 3.8) is 0 Å². The molecule has 0 bridgehead atoms. The molecule has 116 valence electrons. The van der Waals surface area contributed by atoms with Crippen LogP contribution in [-0.4, -0.2) is 36.0 Å². The second-order valence-corrected chi connectivity index (χ2v) is 5.60. The number of carbonyl (C=O) groups excluding carboxylic acids is 1. The van der Waals surface area contributed by atoms with Gasteiger partial charge in [-0.3, -0.25) is 9.69 Å². The third kappa shape index (κ3) is 4.47. The standard InChI is InChI=1S/C15H21F2N3O/c1-10(18)14-4-2-3-5-20(14)9-15(21)19-13-7-11(16)6-12(17)8-13/h6-8,10,14H,2-5,9,18H2,1H3,(H,19,21). The van der Waals surface area contributed by atoms with E-state index in [4.69, 9.17) is 5.73 Å². The highest BCUT2D eigenvalue weighted by Crippen LogP contribution is 2.19. The van der Waals surface area contributed by atoms with E-state index in [0.29, 0.717) is 0 Å². The van der Waals surface area contributed by atoms with Crippen LogP contribution in [0.1, 0.15) is 26.2 Å². The minimum atomic E-state index is -0.711. The van der Waals surface area contributed by atoms with Gasteiger partial charge in [0.2, 0.25) is 5.91 Å². The predicted octanol–water partition coefficient (Wildman–Crippen LogP) is 2.10. The molecule has 0 spiro atoms. The molecule has 1 aromatic carbocycles. The normalized spacial score (nSPS) is 21.0. The predicted molar refractivity (Wildman–Crippen MR) is 77.8 cm³/mol. The molecule has 0 radical (unpaired) electrons. The van der Waals surface area contributed by atoms with Crippen LogP contribution in [0, 0.1) is 11.6 Å². The average molecular weight is 297 g/mol. The van der Waals surface area contributed by atoms with Gasteiger partial charge in [-0.15, -0.1) is 0 Å². The molecule has 1 heterocycles. The lowest BCUT2D eigenvalue weighted by atomic mass is 9.97. The Balaban J connectivity index is 1.97. The largest absolute Gasteiger partial charge is 0.327 e. The molecular formula is C15H21F2N3O. The summed E-state index contributed by atoms with van der Waals surface area (Å²) in [6.45, 7) is 2.93. The fraction of sp³-hybridized carbons (Fsp3) is 0.533. The number of amides is 1. The summed E-state index contributed by atoms with van der Waals surface area (Å²) in [6.07, 6.45) is 3.12. The Hall–Kier alpha value is -1.53. The Kier molecular flexibility index (Phi) is 5.25. The van der Waals surface area contributed by atoms with Gasteiger partial charge in [-0.25, -0.2) is 8.78 Å². The van der Waals surface area contributed by atoms with E-state index >= 15 is 0 Å². The van der Waals surface area contributed by atoms with Crippen LogP contribution in [0.3, 0.4) is 0 Å². The fourth-order valence-corrected chi connectivity index (χ4v) is 2.82. The Morgan fingerprint density at radius 1 is 1.38 bits per heavy atom. The van der Waals surface area contributed by atoms with Crippen molar-refractivity contribution in [2.45, 2.75) is 38.3 Å². The Morgan fingerprint density at radius 3 is 2.67 bits per heavy atom. The summed E-state index contributed by atoms with van der Waals surface area (Å²) in [7, 11) is 0. The molecule has 4 nitrogen and oxygen atoms in total. The van der Waals surface area contributed by atoms with E-state index in [0.717, 1.165) is 44.0 Å². The van der Waals surface area contributed by atoms with E-state index in [1.54, 1.807) is 0 Å². The maximum Gasteiger partial charge on any atom is 0.238 e. The van der Waals surface area contributed by atoms with E-state index in [1.165, 1.54) is 0 Å². The van der Waals surface area contributed by atoms with E-state index < -0.39 is 11.6 Å². The number of likely N-dealkylation sites (tertiary alicyclic amines) is 1. The zero-order chi connectivity index (χ0) is 15.4. The molecule has 0 saturated carbocycles. The molecule has 1 aliphatic heterocycles. The third-order valence-corrected chi connectivity index (χ3v) is 3.76. The van der Waals surface area contributed by atoms with E-state index in [-0.39, 0.29) is 30.2 Å². The zero-order valence-electron chi connectivity index (χ0n) is 12.1. The summed E-state index contributed by atoms with van der Waals surface area (Å²) in [5.74, 6) is -1.71. The molecular weight excluding hydrogens is 276 g/mol. The lowest BCUT2D eigenvalue weighted by Gasteiger charge is -2.37. The number of hydrogen-bond donors (Lipinski definition) is 2. The van der Waals surface area contributed by atoms with Crippen molar-refractivity contribution in [1.29, 1.82) is 0 Å². The Labute approximate surface area is 123 Å². The second-order valence-electron chi connectivity index (χ2n) is 5.60. The van der Waals surface area contributed by atoms with E-state index in [1.807, 2.05) is 11.8 Å². The molecule has 1 amide bonds. The van der Waals surface area contributed by atoms with Crippen LogP contribution in [-0.2, 0) is 4.79 Å². The van der Waals surface area contributed by atoms with Gasteiger partial charge in [-0.2, -0.15) is 0 Å². The molecule has 0 aliphatic carbocycles. The SMILES string of the molecule is CC(N)C1CCCCN1CC(=O)Nc1cc(F)cc(F)c1. The number of nitrogens with one attached hydrogen (secondary N) is 1. The number of carbonyl (C=O) groups is 1. The van der Waals surface area contributed by atoms with Gasteiger partial charge in [0.1, 0.15) is 11.6 Å². The first-order valence-corrected chi connectivity index (χ1v) is 7.21. The van der Waals surface area contributed by atoms with Crippen LogP contribution >= 0.6 is 0 Å². The summed E-state index contributed by atoms with van der Waals surface area (Å²) in [4.78, 5) is 14.1. The van der Waals surface area contributed by atoms with Gasteiger partial charge in [-0.05, 0) is 38.4 Å². The first kappa shape index (κ1) is 15.9. The smallest absolute Gasteiger partial charge is 0.238 e. The van der Waals surface area contributed by atoms with Gasteiger partial charge in [0.25, 0.3) is 0 Å². The fourth-order valence-electron chi connectivity index (χ4n) is 2.82. The number of halogens is 2. The molecule has 1 saturated heterocycles. The highest BCUT2D eigenvalue weighted by molar-refractivity contribution is 5.92. The lowest BCUT2D eigenvalue weighted by Crippen LogP contribution is -2.51. The van der Waals surface area contributed by atoms with E-state index in [2.05, 4.69) is 5.32 Å². The highest BCUT2D eigenvalue weighted by Gasteiger charge is 2.26. The van der Waals surface area contributed by atoms with Crippen molar-refractivity contribution in [2.75, 3.05) is 18.4 Å². The van der Waals surface area contributed by atoms with Crippen LogP contribution in [0.5, 0.6) is 0 Å². The van der Waals surface area contributed by atoms with Gasteiger partial charge in [-0.1, -0.05) is 6.42 Å². The molecule has 21 heavy (non-hydrogen) atoms. The van der Waals surface area contributed by atoms with Gasteiger partial charge >= 0.3 is 0 Å². The van der Waals surface area contributed by atoms with Crippen molar-refractivity contribution in [3.8, 4) is 0 Å². The van der Waals surface area contributed by atoms with Crippen LogP contribution < -0.4 is 11.1 Å². The number of nitrogens with two attached hydrogens (primary N) is 1. The summed E-state index contributed by atoms with van der Waals surface area (Å²) < 4.78 is 26.2. The van der Waals surface area contributed by atoms with Gasteiger partial charge < -0.3 is 11.1 Å². The quantitative estimate of drug-likeness (QED) is 0.895. The molecule has 3 N–H and O–H groups in total. The minimum Gasteiger partial charge on any atom is -0.327 e. The number of piperidine rings is 1. The van der Waals surface area contributed by atoms with Gasteiger partial charge in [0.05, 0.1) is 6.54 Å². The topological polar surface area (TPSA) is 58.4 Å². The number of benzene rings is 1. The van der Waals surface area contributed by atoms with Crippen LogP contribution in [0.15, 0.2) is 18.2 Å². The first-order valence-electron chi connectivity index (χ1n) is 7.21. The van der Waals surface area contributed by atoms with Gasteiger partial charge in [0.15, 0.2) is 0 Å². The number of nitrogens with zero attached hydrogens (tertiary/aromatic N) is 1. The maximum absolute atomic E-state index is 13.1. The lowest BCUT2D eigenvalue weighted by molar-refractivity contribution is -0.118. The second kappa shape index (κ2) is 6.95. The molecule has 6 heteroatoms. The number of rotatable bonds is 4. The van der Waals surface area contributed by atoms with Crippen LogP contribution in [0.2, 0.25) is 0 Å². The van der Waals surface area contributed by atoms with Crippen LogP contribution in [0.4, 0.5) is 14.5 Å². The molecule has 2 atom stereocenters. The summed E-state index contributed by atoms with van der Waals surface area (Å²) in [5, 5.41) is 2.53. The number of hydrogen-bond acceptors (Lipinski definition) is 3. The molecule has 1 fully saturated rings. The minimum absolute atomic E-state index is 0.00952. The molecule has 2 rings (SSSR count). The number of anilines is 1. The summed E-state index contributed by atoms with van der Waals surface area (Å²) in [5.41, 5.74) is 6.08. The first-order chi connectivity index (χ1) is 9.95. The Bertz CT molecular complexity index is 487. The maximum atomic E-state index is 13.1. The summed E-state index contributed by atoms with van der Waals surface area (Å²) >= 11 is 0. The Morgan fingerprint density at radius 2 is 2.05 bits per heavy atom. The van der Waals surface area contributed by atoms with E-state index in [9.17, 15) is 13.6 Å². The van der Waals surface area contributed by atoms with Crippen molar-refractivity contribution in [3.05, 3.63) is 29.8 Å².